The van der Waals surface area contributed by atoms with E-state index in [2.05, 4.69) is 9.88 Å². The Kier molecular flexibility index (Phi) is 5.52. The number of halogens is 2. The Morgan fingerprint density at radius 1 is 1.21 bits per heavy atom. The van der Waals surface area contributed by atoms with Gasteiger partial charge in [0.1, 0.15) is 11.6 Å². The van der Waals surface area contributed by atoms with Crippen molar-refractivity contribution in [3.8, 4) is 5.75 Å². The zero-order chi connectivity index (χ0) is 20.6. The van der Waals surface area contributed by atoms with E-state index in [-0.39, 0.29) is 5.82 Å². The lowest BCUT2D eigenvalue weighted by Gasteiger charge is -2.32. The van der Waals surface area contributed by atoms with Crippen molar-refractivity contribution in [2.75, 3.05) is 37.9 Å². The first kappa shape index (κ1) is 20.1. The third-order valence-electron chi connectivity index (χ3n) is 4.97. The summed E-state index contributed by atoms with van der Waals surface area (Å²) in [5.74, 6) is 0.0434. The molecule has 0 saturated carbocycles. The Morgan fingerprint density at radius 2 is 1.97 bits per heavy atom. The fourth-order valence-electron chi connectivity index (χ4n) is 3.44. The minimum absolute atomic E-state index is 0.372. The van der Waals surface area contributed by atoms with Crippen LogP contribution < -0.4 is 14.7 Å². The quantitative estimate of drug-likeness (QED) is 0.553. The molecule has 3 aromatic rings. The molecule has 1 aromatic heterocycles. The van der Waals surface area contributed by atoms with Crippen molar-refractivity contribution in [1.29, 1.82) is 0 Å². The Morgan fingerprint density at radius 3 is 2.69 bits per heavy atom. The van der Waals surface area contributed by atoms with Crippen LogP contribution in [0.5, 0.6) is 5.75 Å². The van der Waals surface area contributed by atoms with E-state index in [1.807, 2.05) is 13.0 Å². The largest absolute Gasteiger partial charge is 0.440 e. The molecule has 8 heteroatoms. The highest BCUT2D eigenvalue weighted by Crippen LogP contribution is 2.46. The van der Waals surface area contributed by atoms with E-state index < -0.39 is 7.37 Å². The number of aromatic nitrogens is 1. The van der Waals surface area contributed by atoms with Crippen molar-refractivity contribution >= 4 is 40.9 Å². The van der Waals surface area contributed by atoms with Crippen molar-refractivity contribution in [2.45, 2.75) is 6.92 Å². The number of anilines is 1. The van der Waals surface area contributed by atoms with Crippen LogP contribution in [0.1, 0.15) is 5.56 Å². The highest BCUT2D eigenvalue weighted by molar-refractivity contribution is 7.67. The second-order valence-corrected chi connectivity index (χ2v) is 9.86. The van der Waals surface area contributed by atoms with Crippen LogP contribution in [0.2, 0.25) is 5.02 Å². The third-order valence-corrected chi connectivity index (χ3v) is 7.14. The van der Waals surface area contributed by atoms with Gasteiger partial charge in [-0.25, -0.2) is 4.39 Å². The molecule has 1 aliphatic rings. The molecule has 1 unspecified atom stereocenters. The van der Waals surface area contributed by atoms with Crippen LogP contribution in [0.4, 0.5) is 10.1 Å². The Balaban J connectivity index is 1.84. The van der Waals surface area contributed by atoms with E-state index in [1.165, 1.54) is 12.1 Å². The predicted molar refractivity (Wildman–Crippen MR) is 115 cm³/mol. The van der Waals surface area contributed by atoms with Gasteiger partial charge in [0.05, 0.1) is 29.7 Å². The van der Waals surface area contributed by atoms with Gasteiger partial charge in [0.15, 0.2) is 0 Å². The molecule has 0 N–H and O–H groups in total. The van der Waals surface area contributed by atoms with Gasteiger partial charge in [-0.15, -0.1) is 0 Å². The summed E-state index contributed by atoms with van der Waals surface area (Å²) in [5, 5.41) is 1.60. The predicted octanol–water partition coefficient (Wildman–Crippen LogP) is 4.78. The molecule has 0 amide bonds. The van der Waals surface area contributed by atoms with E-state index in [9.17, 15) is 8.96 Å². The van der Waals surface area contributed by atoms with Crippen LogP contribution in [0.25, 0.3) is 10.9 Å². The molecule has 1 fully saturated rings. The molecule has 4 rings (SSSR count). The molecule has 29 heavy (non-hydrogen) atoms. The van der Waals surface area contributed by atoms with Gasteiger partial charge in [-0.05, 0) is 42.8 Å². The molecule has 1 aliphatic heterocycles. The van der Waals surface area contributed by atoms with Crippen molar-refractivity contribution in [2.24, 2.45) is 0 Å². The Labute approximate surface area is 173 Å². The normalized spacial score (nSPS) is 16.6. The maximum atomic E-state index is 14.1. The average Bonchev–Trinajstić information content (AvgIpc) is 2.70. The van der Waals surface area contributed by atoms with Gasteiger partial charge in [-0.2, -0.15) is 0 Å². The van der Waals surface area contributed by atoms with Crippen LogP contribution in [0.3, 0.4) is 0 Å². The summed E-state index contributed by atoms with van der Waals surface area (Å²) in [6, 6.07) is 9.62. The van der Waals surface area contributed by atoms with Gasteiger partial charge >= 0.3 is 0 Å². The lowest BCUT2D eigenvalue weighted by molar-refractivity contribution is 0.123. The number of pyridine rings is 1. The summed E-state index contributed by atoms with van der Waals surface area (Å²) in [6.45, 7) is 5.74. The lowest BCUT2D eigenvalue weighted by Crippen LogP contribution is -2.39. The first-order valence-electron chi connectivity index (χ1n) is 9.30. The third kappa shape index (κ3) is 4.11. The molecule has 5 nitrogen and oxygen atoms in total. The number of rotatable bonds is 4. The zero-order valence-corrected chi connectivity index (χ0v) is 17.8. The van der Waals surface area contributed by atoms with E-state index in [0.717, 1.165) is 5.56 Å². The number of nitrogens with zero attached hydrogens (tertiary/aromatic N) is 2. The molecule has 0 spiro atoms. The van der Waals surface area contributed by atoms with Gasteiger partial charge in [0.2, 0.25) is 0 Å². The second kappa shape index (κ2) is 7.94. The van der Waals surface area contributed by atoms with Crippen molar-refractivity contribution in [3.63, 3.8) is 0 Å². The highest BCUT2D eigenvalue weighted by Gasteiger charge is 2.30. The number of aryl methyl sites for hydroxylation is 1. The number of hydrogen-bond donors (Lipinski definition) is 0. The molecule has 2 heterocycles. The van der Waals surface area contributed by atoms with Gasteiger partial charge in [0, 0.05) is 36.4 Å². The summed E-state index contributed by atoms with van der Waals surface area (Å²) in [7, 11) is -3.35. The van der Waals surface area contributed by atoms with E-state index >= 15 is 0 Å². The molecular weight excluding hydrogens is 414 g/mol. The monoisotopic (exact) mass is 434 g/mol. The Bertz CT molecular complexity index is 1120. The summed E-state index contributed by atoms with van der Waals surface area (Å²) in [5.41, 5.74) is 2.22. The summed E-state index contributed by atoms with van der Waals surface area (Å²) < 4.78 is 39.1. The number of ether oxygens (including phenoxy) is 1. The van der Waals surface area contributed by atoms with Gasteiger partial charge in [-0.1, -0.05) is 17.7 Å². The van der Waals surface area contributed by atoms with Crippen LogP contribution in [-0.4, -0.2) is 38.0 Å². The first-order chi connectivity index (χ1) is 13.8. The topological polar surface area (TPSA) is 51.7 Å². The SMILES string of the molecule is Cc1ccc(OP(C)(=O)c2cnc3ccc(F)cc3c2N2CCOCC2)cc1Cl. The fourth-order valence-corrected chi connectivity index (χ4v) is 5.14. The van der Waals surface area contributed by atoms with E-state index in [0.29, 0.717) is 59.0 Å². The second-order valence-electron chi connectivity index (χ2n) is 7.10. The van der Waals surface area contributed by atoms with Crippen LogP contribution in [0.15, 0.2) is 42.6 Å². The molecule has 2 aromatic carbocycles. The maximum absolute atomic E-state index is 14.1. The maximum Gasteiger partial charge on any atom is 0.277 e. The number of benzene rings is 2. The van der Waals surface area contributed by atoms with Gasteiger partial charge < -0.3 is 14.2 Å². The molecule has 0 bridgehead atoms. The minimum Gasteiger partial charge on any atom is -0.440 e. The van der Waals surface area contributed by atoms with Crippen LogP contribution >= 0.6 is 19.0 Å². The van der Waals surface area contributed by atoms with E-state index in [4.69, 9.17) is 20.9 Å². The van der Waals surface area contributed by atoms with Gasteiger partial charge in [-0.3, -0.25) is 9.55 Å². The molecule has 152 valence electrons. The Hall–Kier alpha value is -2.14. The minimum atomic E-state index is -3.35. The fraction of sp³-hybridized carbons (Fsp3) is 0.286. The molecule has 0 radical (unpaired) electrons. The number of morpholine rings is 1. The average molecular weight is 435 g/mol. The lowest BCUT2D eigenvalue weighted by atomic mass is 10.1. The van der Waals surface area contributed by atoms with Crippen LogP contribution in [0, 0.1) is 12.7 Å². The number of fused-ring (bicyclic) bond motifs is 1. The standard InChI is InChI=1S/C21H21ClFN2O3P/c1-14-3-5-16(12-18(14)22)28-29(2,26)20-13-24-19-6-4-15(23)11-17(19)21(20)25-7-9-27-10-8-25/h3-6,11-13H,7-10H2,1-2H3. The summed E-state index contributed by atoms with van der Waals surface area (Å²) >= 11 is 6.19. The number of hydrogen-bond acceptors (Lipinski definition) is 5. The zero-order valence-electron chi connectivity index (χ0n) is 16.2. The smallest absolute Gasteiger partial charge is 0.277 e. The summed E-state index contributed by atoms with van der Waals surface area (Å²) in [4.78, 5) is 6.47. The molecular formula is C21H21ClFN2O3P. The summed E-state index contributed by atoms with van der Waals surface area (Å²) in [6.07, 6.45) is 1.57. The molecule has 1 atom stereocenters. The molecule has 1 saturated heterocycles. The van der Waals surface area contributed by atoms with Crippen molar-refractivity contribution in [1.82, 2.24) is 4.98 Å². The van der Waals surface area contributed by atoms with E-state index in [1.54, 1.807) is 31.1 Å². The molecule has 0 aliphatic carbocycles. The van der Waals surface area contributed by atoms with Crippen LogP contribution in [-0.2, 0) is 9.30 Å². The highest BCUT2D eigenvalue weighted by atomic mass is 35.5. The van der Waals surface area contributed by atoms with Crippen molar-refractivity contribution < 1.29 is 18.2 Å². The van der Waals surface area contributed by atoms with Gasteiger partial charge in [0.25, 0.3) is 7.37 Å². The van der Waals surface area contributed by atoms with Crippen molar-refractivity contribution in [3.05, 3.63) is 59.0 Å². The first-order valence-corrected chi connectivity index (χ1v) is 11.7.